The monoisotopic (exact) mass is 413 g/mol. The second kappa shape index (κ2) is 8.85. The van der Waals surface area contributed by atoms with E-state index in [1.54, 1.807) is 34.9 Å². The van der Waals surface area contributed by atoms with Gasteiger partial charge in [-0.1, -0.05) is 42.1 Å². The van der Waals surface area contributed by atoms with E-state index in [1.165, 1.54) is 11.8 Å². The van der Waals surface area contributed by atoms with E-state index in [9.17, 15) is 4.79 Å². The Hall–Kier alpha value is -3.56. The molecule has 3 aromatic carbocycles. The molecule has 5 nitrogen and oxygen atoms in total. The van der Waals surface area contributed by atoms with Gasteiger partial charge in [-0.2, -0.15) is 5.26 Å². The first-order valence-electron chi connectivity index (χ1n) is 9.51. The lowest BCUT2D eigenvalue weighted by atomic mass is 10.2. The van der Waals surface area contributed by atoms with Gasteiger partial charge >= 0.3 is 0 Å². The van der Waals surface area contributed by atoms with Crippen molar-refractivity contribution < 1.29 is 4.74 Å². The fraction of sp³-hybridized carbons (Fsp3) is 0.125. The van der Waals surface area contributed by atoms with Gasteiger partial charge in [0.15, 0.2) is 5.16 Å². The van der Waals surface area contributed by atoms with Crippen LogP contribution in [0.5, 0.6) is 5.75 Å². The molecule has 0 atom stereocenters. The highest BCUT2D eigenvalue weighted by molar-refractivity contribution is 7.99. The van der Waals surface area contributed by atoms with Crippen LogP contribution >= 0.6 is 11.8 Å². The number of nitrogens with zero attached hydrogens (tertiary/aromatic N) is 3. The minimum Gasteiger partial charge on any atom is -0.492 e. The normalized spacial score (nSPS) is 10.7. The number of aromatic nitrogens is 2. The molecule has 0 spiro atoms. The highest BCUT2D eigenvalue weighted by Gasteiger charge is 2.13. The number of para-hydroxylation sites is 2. The summed E-state index contributed by atoms with van der Waals surface area (Å²) >= 11 is 1.47. The molecule has 0 saturated carbocycles. The Kier molecular flexibility index (Phi) is 5.82. The number of thioether (sulfide) groups is 1. The summed E-state index contributed by atoms with van der Waals surface area (Å²) in [6.07, 6.45) is 0. The molecule has 0 saturated heterocycles. The van der Waals surface area contributed by atoms with Gasteiger partial charge in [-0.15, -0.1) is 0 Å². The van der Waals surface area contributed by atoms with Crippen LogP contribution in [0.1, 0.15) is 11.1 Å². The minimum atomic E-state index is -0.132. The van der Waals surface area contributed by atoms with E-state index < -0.39 is 0 Å². The zero-order valence-corrected chi connectivity index (χ0v) is 17.2. The number of fused-ring (bicyclic) bond motifs is 1. The molecule has 0 bridgehead atoms. The van der Waals surface area contributed by atoms with Gasteiger partial charge in [0.2, 0.25) is 0 Å². The summed E-state index contributed by atoms with van der Waals surface area (Å²) in [6.45, 7) is 2.50. The van der Waals surface area contributed by atoms with Crippen molar-refractivity contribution in [2.24, 2.45) is 0 Å². The fourth-order valence-corrected chi connectivity index (χ4v) is 3.95. The highest BCUT2D eigenvalue weighted by atomic mass is 32.2. The van der Waals surface area contributed by atoms with Gasteiger partial charge in [0.1, 0.15) is 5.75 Å². The van der Waals surface area contributed by atoms with Crippen molar-refractivity contribution >= 4 is 22.7 Å². The van der Waals surface area contributed by atoms with Crippen LogP contribution in [-0.4, -0.2) is 21.9 Å². The Balaban J connectivity index is 1.64. The van der Waals surface area contributed by atoms with Gasteiger partial charge < -0.3 is 4.74 Å². The van der Waals surface area contributed by atoms with Gasteiger partial charge in [0.25, 0.3) is 5.56 Å². The van der Waals surface area contributed by atoms with Crippen molar-refractivity contribution in [1.29, 1.82) is 5.26 Å². The van der Waals surface area contributed by atoms with Crippen LogP contribution in [0.15, 0.2) is 82.7 Å². The van der Waals surface area contributed by atoms with Crippen molar-refractivity contribution in [2.45, 2.75) is 12.1 Å². The molecular formula is C24H19N3O2S. The predicted molar refractivity (Wildman–Crippen MR) is 119 cm³/mol. The number of nitriles is 1. The lowest BCUT2D eigenvalue weighted by Crippen LogP contribution is -2.22. The Bertz CT molecular complexity index is 1290. The third-order valence-electron chi connectivity index (χ3n) is 4.67. The quantitative estimate of drug-likeness (QED) is 0.260. The van der Waals surface area contributed by atoms with E-state index >= 15 is 0 Å². The molecular weight excluding hydrogens is 394 g/mol. The summed E-state index contributed by atoms with van der Waals surface area (Å²) in [5.74, 6) is 1.49. The number of aryl methyl sites for hydroxylation is 1. The first kappa shape index (κ1) is 19.7. The van der Waals surface area contributed by atoms with Gasteiger partial charge in [-0.25, -0.2) is 4.98 Å². The molecule has 0 unspecified atom stereocenters. The molecule has 0 aliphatic carbocycles. The molecule has 1 heterocycles. The number of rotatable bonds is 6. The van der Waals surface area contributed by atoms with Crippen molar-refractivity contribution in [2.75, 3.05) is 12.4 Å². The number of benzene rings is 3. The Morgan fingerprint density at radius 3 is 2.53 bits per heavy atom. The maximum absolute atomic E-state index is 13.2. The van der Waals surface area contributed by atoms with E-state index in [0.29, 0.717) is 39.7 Å². The number of hydrogen-bond donors (Lipinski definition) is 0. The topological polar surface area (TPSA) is 67.9 Å². The van der Waals surface area contributed by atoms with Crippen molar-refractivity contribution in [1.82, 2.24) is 9.55 Å². The van der Waals surface area contributed by atoms with Crippen LogP contribution in [0.4, 0.5) is 0 Å². The lowest BCUT2D eigenvalue weighted by molar-refractivity contribution is 0.341. The van der Waals surface area contributed by atoms with Crippen molar-refractivity contribution in [3.05, 3.63) is 94.3 Å². The molecule has 0 amide bonds. The molecule has 148 valence electrons. The van der Waals surface area contributed by atoms with Crippen molar-refractivity contribution in [3.8, 4) is 17.5 Å². The Labute approximate surface area is 178 Å². The van der Waals surface area contributed by atoms with Crippen LogP contribution < -0.4 is 10.3 Å². The Morgan fingerprint density at radius 1 is 1.03 bits per heavy atom. The molecule has 4 rings (SSSR count). The first-order valence-corrected chi connectivity index (χ1v) is 10.5. The number of hydrogen-bond acceptors (Lipinski definition) is 5. The average molecular weight is 414 g/mol. The van der Waals surface area contributed by atoms with Crippen LogP contribution in [0, 0.1) is 18.3 Å². The third kappa shape index (κ3) is 4.07. The third-order valence-corrected chi connectivity index (χ3v) is 5.57. The predicted octanol–water partition coefficient (Wildman–Crippen LogP) is 4.74. The van der Waals surface area contributed by atoms with Crippen LogP contribution in [-0.2, 0) is 0 Å². The summed E-state index contributed by atoms with van der Waals surface area (Å²) in [5.41, 5.74) is 2.84. The van der Waals surface area contributed by atoms with Gasteiger partial charge in [0, 0.05) is 5.75 Å². The second-order valence-corrected chi connectivity index (χ2v) is 7.74. The zero-order valence-electron chi connectivity index (χ0n) is 16.4. The molecule has 0 aliphatic heterocycles. The minimum absolute atomic E-state index is 0.132. The molecule has 0 aliphatic rings. The van der Waals surface area contributed by atoms with E-state index in [2.05, 4.69) is 6.07 Å². The maximum atomic E-state index is 13.2. The second-order valence-electron chi connectivity index (χ2n) is 6.67. The molecule has 6 heteroatoms. The number of ether oxygens (including phenoxy) is 1. The van der Waals surface area contributed by atoms with E-state index in [0.717, 1.165) is 11.3 Å². The highest BCUT2D eigenvalue weighted by Crippen LogP contribution is 2.22. The SMILES string of the molecule is Cc1ccccc1OCCSc1nc2ccccc2c(=O)n1-c1ccc(C#N)cc1. The summed E-state index contributed by atoms with van der Waals surface area (Å²) < 4.78 is 7.48. The molecule has 30 heavy (non-hydrogen) atoms. The van der Waals surface area contributed by atoms with E-state index in [1.807, 2.05) is 49.4 Å². The van der Waals surface area contributed by atoms with E-state index in [-0.39, 0.29) is 5.56 Å². The van der Waals surface area contributed by atoms with Crippen molar-refractivity contribution in [3.63, 3.8) is 0 Å². The summed E-state index contributed by atoms with van der Waals surface area (Å²) in [4.78, 5) is 17.9. The standard InChI is InChI=1S/C24H19N3O2S/c1-17-6-2-5-9-22(17)29-14-15-30-24-26-21-8-4-3-7-20(21)23(28)27(24)19-12-10-18(16-25)11-13-19/h2-13H,14-15H2,1H3. The average Bonchev–Trinajstić information content (AvgIpc) is 2.78. The van der Waals surface area contributed by atoms with Crippen LogP contribution in [0.2, 0.25) is 0 Å². The maximum Gasteiger partial charge on any atom is 0.266 e. The van der Waals surface area contributed by atoms with Gasteiger partial charge in [0.05, 0.1) is 34.8 Å². The largest absolute Gasteiger partial charge is 0.492 e. The fourth-order valence-electron chi connectivity index (χ4n) is 3.12. The molecule has 0 N–H and O–H groups in total. The molecule has 0 radical (unpaired) electrons. The lowest BCUT2D eigenvalue weighted by Gasteiger charge is -2.14. The zero-order chi connectivity index (χ0) is 20.9. The Morgan fingerprint density at radius 2 is 1.77 bits per heavy atom. The molecule has 1 aromatic heterocycles. The smallest absolute Gasteiger partial charge is 0.266 e. The van der Waals surface area contributed by atoms with Crippen LogP contribution in [0.25, 0.3) is 16.6 Å². The first-order chi connectivity index (χ1) is 14.7. The molecule has 4 aromatic rings. The van der Waals surface area contributed by atoms with Gasteiger partial charge in [-0.3, -0.25) is 9.36 Å². The molecule has 0 fully saturated rings. The summed E-state index contributed by atoms with van der Waals surface area (Å²) in [7, 11) is 0. The van der Waals surface area contributed by atoms with Gasteiger partial charge in [-0.05, 0) is 55.0 Å². The van der Waals surface area contributed by atoms with E-state index in [4.69, 9.17) is 15.0 Å². The summed E-state index contributed by atoms with van der Waals surface area (Å²) in [5, 5.41) is 10.2. The van der Waals surface area contributed by atoms with Crippen LogP contribution in [0.3, 0.4) is 0 Å². The summed E-state index contributed by atoms with van der Waals surface area (Å²) in [6, 6.07) is 24.2.